The fraction of sp³-hybridized carbons (Fsp3) is 0.667. The van der Waals surface area contributed by atoms with Gasteiger partial charge in [0.05, 0.1) is 0 Å². The van der Waals surface area contributed by atoms with Crippen LogP contribution in [0.2, 0.25) is 0 Å². The summed E-state index contributed by atoms with van der Waals surface area (Å²) in [5, 5.41) is 11.4. The van der Waals surface area contributed by atoms with Crippen LogP contribution < -0.4 is 5.32 Å². The van der Waals surface area contributed by atoms with Crippen LogP contribution in [0.1, 0.15) is 34.6 Å². The highest BCUT2D eigenvalue weighted by molar-refractivity contribution is 5.81. The summed E-state index contributed by atoms with van der Waals surface area (Å²) in [6.45, 7) is 12.0. The third kappa shape index (κ3) is 5.38. The zero-order valence-electron chi connectivity index (χ0n) is 11.0. The second kappa shape index (κ2) is 5.21. The summed E-state index contributed by atoms with van der Waals surface area (Å²) in [5.41, 5.74) is -1.42. The lowest BCUT2D eigenvalue weighted by Gasteiger charge is -2.29. The Morgan fingerprint density at radius 2 is 1.76 bits per heavy atom. The standard InChI is InChI=1S/C12H21NO4/c1-7-12(5,6)8(9(14)15)13-10(16)17-11(2,3)4/h7-8H,1H2,2-6H3,(H,13,16)(H,14,15)/t8-/m0/s1. The van der Waals surface area contributed by atoms with Crippen molar-refractivity contribution in [2.45, 2.75) is 46.3 Å². The molecular weight excluding hydrogens is 222 g/mol. The van der Waals surface area contributed by atoms with Crippen molar-refractivity contribution in [3.8, 4) is 0 Å². The Bertz CT molecular complexity index is 315. The zero-order valence-corrected chi connectivity index (χ0v) is 11.0. The molecule has 2 N–H and O–H groups in total. The van der Waals surface area contributed by atoms with Crippen LogP contribution >= 0.6 is 0 Å². The van der Waals surface area contributed by atoms with Gasteiger partial charge in [0.15, 0.2) is 0 Å². The van der Waals surface area contributed by atoms with E-state index in [-0.39, 0.29) is 0 Å². The lowest BCUT2D eigenvalue weighted by Crippen LogP contribution is -2.50. The minimum absolute atomic E-state index is 0.661. The summed E-state index contributed by atoms with van der Waals surface area (Å²) < 4.78 is 5.01. The Hall–Kier alpha value is -1.52. The highest BCUT2D eigenvalue weighted by atomic mass is 16.6. The van der Waals surface area contributed by atoms with Gasteiger partial charge in [-0.2, -0.15) is 0 Å². The molecule has 0 aromatic carbocycles. The van der Waals surface area contributed by atoms with Crippen molar-refractivity contribution in [1.82, 2.24) is 5.32 Å². The van der Waals surface area contributed by atoms with Gasteiger partial charge in [-0.3, -0.25) is 0 Å². The van der Waals surface area contributed by atoms with Gasteiger partial charge in [-0.05, 0) is 20.8 Å². The molecule has 5 heteroatoms. The van der Waals surface area contributed by atoms with Crippen LogP contribution in [-0.4, -0.2) is 28.8 Å². The highest BCUT2D eigenvalue weighted by Gasteiger charge is 2.35. The maximum Gasteiger partial charge on any atom is 0.408 e. The van der Waals surface area contributed by atoms with E-state index in [1.807, 2.05) is 0 Å². The summed E-state index contributed by atoms with van der Waals surface area (Å²) in [5.74, 6) is -1.12. The predicted octanol–water partition coefficient (Wildman–Crippen LogP) is 2.18. The number of amides is 1. The number of carboxylic acids is 1. The van der Waals surface area contributed by atoms with Crippen molar-refractivity contribution in [3.63, 3.8) is 0 Å². The molecule has 0 bridgehead atoms. The van der Waals surface area contributed by atoms with E-state index in [1.165, 1.54) is 6.08 Å². The smallest absolute Gasteiger partial charge is 0.408 e. The number of alkyl carbamates (subject to hydrolysis) is 1. The van der Waals surface area contributed by atoms with E-state index in [0.29, 0.717) is 0 Å². The van der Waals surface area contributed by atoms with Gasteiger partial charge < -0.3 is 15.2 Å². The predicted molar refractivity (Wildman–Crippen MR) is 64.8 cm³/mol. The highest BCUT2D eigenvalue weighted by Crippen LogP contribution is 2.22. The molecule has 0 heterocycles. The van der Waals surface area contributed by atoms with Crippen LogP contribution in [0, 0.1) is 5.41 Å². The van der Waals surface area contributed by atoms with Crippen LogP contribution in [0.3, 0.4) is 0 Å². The Kier molecular flexibility index (Phi) is 4.74. The number of hydrogen-bond acceptors (Lipinski definition) is 3. The molecule has 0 rings (SSSR count). The largest absolute Gasteiger partial charge is 0.480 e. The van der Waals surface area contributed by atoms with E-state index in [0.717, 1.165) is 0 Å². The molecular formula is C12H21NO4. The number of carboxylic acid groups (broad SMARTS) is 1. The SMILES string of the molecule is C=CC(C)(C)[C@@H](NC(=O)OC(C)(C)C)C(=O)O. The van der Waals surface area contributed by atoms with Gasteiger partial charge in [0.1, 0.15) is 11.6 Å². The van der Waals surface area contributed by atoms with Gasteiger partial charge in [0.25, 0.3) is 0 Å². The summed E-state index contributed by atoms with van der Waals surface area (Å²) in [4.78, 5) is 22.6. The molecule has 0 aliphatic heterocycles. The maximum absolute atomic E-state index is 11.5. The van der Waals surface area contributed by atoms with E-state index in [1.54, 1.807) is 34.6 Å². The molecule has 0 aliphatic rings. The second-order valence-electron chi connectivity index (χ2n) is 5.44. The van der Waals surface area contributed by atoms with Gasteiger partial charge >= 0.3 is 12.1 Å². The number of ether oxygens (including phenoxy) is 1. The molecule has 5 nitrogen and oxygen atoms in total. The molecule has 0 unspecified atom stereocenters. The molecule has 98 valence electrons. The third-order valence-corrected chi connectivity index (χ3v) is 2.18. The molecule has 17 heavy (non-hydrogen) atoms. The van der Waals surface area contributed by atoms with Crippen molar-refractivity contribution >= 4 is 12.1 Å². The van der Waals surface area contributed by atoms with E-state index in [9.17, 15) is 9.59 Å². The fourth-order valence-corrected chi connectivity index (χ4v) is 1.11. The molecule has 0 saturated heterocycles. The Morgan fingerprint density at radius 1 is 1.29 bits per heavy atom. The minimum atomic E-state index is -1.12. The molecule has 0 radical (unpaired) electrons. The lowest BCUT2D eigenvalue weighted by molar-refractivity contribution is -0.141. The van der Waals surface area contributed by atoms with Crippen LogP contribution in [0.4, 0.5) is 4.79 Å². The van der Waals surface area contributed by atoms with Crippen molar-refractivity contribution in [2.75, 3.05) is 0 Å². The fourth-order valence-electron chi connectivity index (χ4n) is 1.11. The summed E-state index contributed by atoms with van der Waals surface area (Å²) in [6.07, 6.45) is 0.739. The molecule has 0 saturated carbocycles. The monoisotopic (exact) mass is 243 g/mol. The molecule has 0 aliphatic carbocycles. The van der Waals surface area contributed by atoms with Crippen molar-refractivity contribution in [2.24, 2.45) is 5.41 Å². The molecule has 0 fully saturated rings. The van der Waals surface area contributed by atoms with Crippen molar-refractivity contribution in [3.05, 3.63) is 12.7 Å². The van der Waals surface area contributed by atoms with Crippen LogP contribution in [-0.2, 0) is 9.53 Å². The first-order valence-corrected chi connectivity index (χ1v) is 5.35. The summed E-state index contributed by atoms with van der Waals surface area (Å²) in [6, 6.07) is -1.07. The quantitative estimate of drug-likeness (QED) is 0.742. The number of aliphatic carboxylic acids is 1. The molecule has 1 amide bonds. The van der Waals surface area contributed by atoms with Gasteiger partial charge in [0.2, 0.25) is 0 Å². The number of carbonyl (C=O) groups excluding carboxylic acids is 1. The average molecular weight is 243 g/mol. The minimum Gasteiger partial charge on any atom is -0.480 e. The zero-order chi connectivity index (χ0) is 13.9. The van der Waals surface area contributed by atoms with Crippen molar-refractivity contribution < 1.29 is 19.4 Å². The summed E-state index contributed by atoms with van der Waals surface area (Å²) in [7, 11) is 0. The third-order valence-electron chi connectivity index (χ3n) is 2.18. The van der Waals surface area contributed by atoms with Crippen molar-refractivity contribution in [1.29, 1.82) is 0 Å². The van der Waals surface area contributed by atoms with E-state index in [2.05, 4.69) is 11.9 Å². The first-order chi connectivity index (χ1) is 7.49. The average Bonchev–Trinajstić information content (AvgIpc) is 2.10. The maximum atomic E-state index is 11.5. The van der Waals surface area contributed by atoms with E-state index >= 15 is 0 Å². The second-order valence-corrected chi connectivity index (χ2v) is 5.44. The van der Waals surface area contributed by atoms with Crippen LogP contribution in [0.25, 0.3) is 0 Å². The topological polar surface area (TPSA) is 75.6 Å². The number of carbonyl (C=O) groups is 2. The van der Waals surface area contributed by atoms with Gasteiger partial charge in [0, 0.05) is 5.41 Å². The summed E-state index contributed by atoms with van der Waals surface area (Å²) >= 11 is 0. The van der Waals surface area contributed by atoms with Gasteiger partial charge in [-0.25, -0.2) is 9.59 Å². The van der Waals surface area contributed by atoms with Gasteiger partial charge in [-0.1, -0.05) is 19.9 Å². The Morgan fingerprint density at radius 3 is 2.06 bits per heavy atom. The number of rotatable bonds is 4. The molecule has 1 atom stereocenters. The van der Waals surface area contributed by atoms with E-state index in [4.69, 9.17) is 9.84 Å². The van der Waals surface area contributed by atoms with E-state index < -0.39 is 29.1 Å². The Labute approximate surface area is 102 Å². The first kappa shape index (κ1) is 15.5. The Balaban J connectivity index is 4.75. The molecule has 0 aromatic rings. The molecule has 0 aromatic heterocycles. The molecule has 0 spiro atoms. The number of nitrogens with one attached hydrogen (secondary N) is 1. The van der Waals surface area contributed by atoms with Gasteiger partial charge in [-0.15, -0.1) is 6.58 Å². The normalized spacial score (nSPS) is 13.7. The van der Waals surface area contributed by atoms with Crippen LogP contribution in [0.15, 0.2) is 12.7 Å². The van der Waals surface area contributed by atoms with Crippen LogP contribution in [0.5, 0.6) is 0 Å². The number of hydrogen-bond donors (Lipinski definition) is 2. The first-order valence-electron chi connectivity index (χ1n) is 5.35. The lowest BCUT2D eigenvalue weighted by atomic mass is 9.84.